The molecule has 0 radical (unpaired) electrons. The Kier molecular flexibility index (Phi) is 12.1. The molecule has 0 spiro atoms. The van der Waals surface area contributed by atoms with E-state index in [2.05, 4.69) is 141 Å². The summed E-state index contributed by atoms with van der Waals surface area (Å²) in [7, 11) is 0. The molecule has 2 aliphatic rings. The summed E-state index contributed by atoms with van der Waals surface area (Å²) in [5.74, 6) is 2.81. The van der Waals surface area contributed by atoms with Gasteiger partial charge in [0.15, 0.2) is 0 Å². The molecule has 2 aliphatic carbocycles. The molecule has 4 aromatic rings. The number of hydrogen-bond acceptors (Lipinski definition) is 2. The van der Waals surface area contributed by atoms with Crippen LogP contribution in [0.4, 0.5) is 11.4 Å². The first-order chi connectivity index (χ1) is 24.1. The van der Waals surface area contributed by atoms with Gasteiger partial charge < -0.3 is 10.6 Å². The van der Waals surface area contributed by atoms with Gasteiger partial charge in [0.1, 0.15) is 0 Å². The minimum atomic E-state index is 0.670. The van der Waals surface area contributed by atoms with Crippen molar-refractivity contribution in [2.45, 2.75) is 96.8 Å². The Labute approximate surface area is 297 Å². The molecule has 0 heterocycles. The van der Waals surface area contributed by atoms with Gasteiger partial charge in [-0.15, -0.1) is 6.58 Å². The highest BCUT2D eigenvalue weighted by Gasteiger charge is 2.22. The van der Waals surface area contributed by atoms with Crippen molar-refractivity contribution in [2.75, 3.05) is 23.7 Å². The van der Waals surface area contributed by atoms with E-state index in [1.165, 1.54) is 107 Å². The van der Waals surface area contributed by atoms with Crippen LogP contribution in [0.25, 0.3) is 33.4 Å². The molecule has 2 N–H and O–H groups in total. The smallest absolute Gasteiger partial charge is 0.0421 e. The fourth-order valence-corrected chi connectivity index (χ4v) is 8.22. The van der Waals surface area contributed by atoms with E-state index in [4.69, 9.17) is 0 Å². The summed E-state index contributed by atoms with van der Waals surface area (Å²) in [6.07, 6.45) is 19.2. The molecule has 256 valence electrons. The molecule has 0 unspecified atom stereocenters. The van der Waals surface area contributed by atoms with Crippen LogP contribution in [-0.4, -0.2) is 13.1 Å². The summed E-state index contributed by atoms with van der Waals surface area (Å²) in [6.45, 7) is 12.6. The van der Waals surface area contributed by atoms with Crippen LogP contribution in [0.5, 0.6) is 0 Å². The lowest BCUT2D eigenvalue weighted by atomic mass is 9.78. The standard InChI is InChI=1S/C47H58N2/c1-5-9-35-12-16-37(17-13-35)39-20-24-41(25-21-39)43-27-29-47(49-31-7-3)45(33-43)44-32-42(26-28-46(44)48-30-6-2)40-22-18-38(19-23-40)36-14-10-34(8-4)11-15-36/h5,8-9,18-29,32-37,48-49H,4,6-7,10-17,30-31H2,1-3H3/b9-5+. The van der Waals surface area contributed by atoms with Crippen LogP contribution in [0.3, 0.4) is 0 Å². The van der Waals surface area contributed by atoms with Gasteiger partial charge in [0.2, 0.25) is 0 Å². The molecule has 2 saturated carbocycles. The zero-order chi connectivity index (χ0) is 34.0. The Balaban J connectivity index is 1.30. The number of rotatable bonds is 13. The van der Waals surface area contributed by atoms with Crippen LogP contribution in [0.15, 0.2) is 110 Å². The van der Waals surface area contributed by atoms with Crippen molar-refractivity contribution in [2.24, 2.45) is 11.8 Å². The highest BCUT2D eigenvalue weighted by Crippen LogP contribution is 2.42. The Hall–Kier alpha value is -4.04. The molecule has 2 heteroatoms. The fraction of sp³-hybridized carbons (Fsp3) is 0.404. The molecular formula is C47H58N2. The third kappa shape index (κ3) is 8.58. The fourth-order valence-electron chi connectivity index (χ4n) is 8.22. The van der Waals surface area contributed by atoms with Crippen molar-refractivity contribution in [3.8, 4) is 33.4 Å². The summed E-state index contributed by atoms with van der Waals surface area (Å²) in [5, 5.41) is 7.52. The lowest BCUT2D eigenvalue weighted by molar-refractivity contribution is 0.376. The SMILES string of the molecule is C=CC1CCC(c2ccc(-c3ccc(NCCC)c(-c4cc(-c5ccc(C6CCC(/C=C/C)CC6)cc5)ccc4NCCC)c3)cc2)CC1. The molecule has 6 rings (SSSR count). The van der Waals surface area contributed by atoms with E-state index < -0.39 is 0 Å². The lowest BCUT2D eigenvalue weighted by Gasteiger charge is -2.27. The largest absolute Gasteiger partial charge is 0.385 e. The van der Waals surface area contributed by atoms with E-state index in [0.717, 1.165) is 31.8 Å². The Morgan fingerprint density at radius 2 is 0.959 bits per heavy atom. The van der Waals surface area contributed by atoms with Crippen LogP contribution in [0.2, 0.25) is 0 Å². The van der Waals surface area contributed by atoms with Gasteiger partial charge in [-0.2, -0.15) is 0 Å². The summed E-state index contributed by atoms with van der Waals surface area (Å²) in [5.41, 5.74) is 13.0. The van der Waals surface area contributed by atoms with E-state index >= 15 is 0 Å². The van der Waals surface area contributed by atoms with Crippen LogP contribution >= 0.6 is 0 Å². The second-order valence-electron chi connectivity index (χ2n) is 14.6. The number of hydrogen-bond donors (Lipinski definition) is 2. The van der Waals surface area contributed by atoms with Gasteiger partial charge in [-0.25, -0.2) is 0 Å². The lowest BCUT2D eigenvalue weighted by Crippen LogP contribution is -2.11. The molecule has 0 aromatic heterocycles. The van der Waals surface area contributed by atoms with Crippen molar-refractivity contribution in [1.29, 1.82) is 0 Å². The third-order valence-electron chi connectivity index (χ3n) is 11.2. The molecule has 4 aromatic carbocycles. The monoisotopic (exact) mass is 650 g/mol. The average Bonchev–Trinajstić information content (AvgIpc) is 3.17. The first-order valence-corrected chi connectivity index (χ1v) is 19.3. The van der Waals surface area contributed by atoms with Crippen molar-refractivity contribution in [3.63, 3.8) is 0 Å². The minimum Gasteiger partial charge on any atom is -0.385 e. The predicted octanol–water partition coefficient (Wildman–Crippen LogP) is 13.6. The molecule has 0 amide bonds. The van der Waals surface area contributed by atoms with E-state index in [9.17, 15) is 0 Å². The summed E-state index contributed by atoms with van der Waals surface area (Å²) in [4.78, 5) is 0. The van der Waals surface area contributed by atoms with E-state index in [0.29, 0.717) is 17.8 Å². The Morgan fingerprint density at radius 1 is 0.551 bits per heavy atom. The summed E-state index contributed by atoms with van der Waals surface area (Å²) < 4.78 is 0. The summed E-state index contributed by atoms with van der Waals surface area (Å²) >= 11 is 0. The zero-order valence-electron chi connectivity index (χ0n) is 30.3. The maximum atomic E-state index is 4.03. The van der Waals surface area contributed by atoms with Crippen molar-refractivity contribution < 1.29 is 0 Å². The third-order valence-corrected chi connectivity index (χ3v) is 11.2. The van der Waals surface area contributed by atoms with Gasteiger partial charge in [0, 0.05) is 35.6 Å². The van der Waals surface area contributed by atoms with Gasteiger partial charge >= 0.3 is 0 Å². The molecule has 0 aliphatic heterocycles. The van der Waals surface area contributed by atoms with Gasteiger partial charge in [-0.05, 0) is 152 Å². The maximum absolute atomic E-state index is 4.03. The zero-order valence-corrected chi connectivity index (χ0v) is 30.3. The topological polar surface area (TPSA) is 24.1 Å². The van der Waals surface area contributed by atoms with Gasteiger partial charge in [0.25, 0.3) is 0 Å². The minimum absolute atomic E-state index is 0.670. The van der Waals surface area contributed by atoms with E-state index in [1.807, 2.05) is 0 Å². The first kappa shape index (κ1) is 34.8. The van der Waals surface area contributed by atoms with Crippen LogP contribution < -0.4 is 10.6 Å². The van der Waals surface area contributed by atoms with Crippen molar-refractivity contribution in [1.82, 2.24) is 0 Å². The van der Waals surface area contributed by atoms with Crippen LogP contribution in [-0.2, 0) is 0 Å². The molecule has 0 saturated heterocycles. The highest BCUT2D eigenvalue weighted by molar-refractivity contribution is 5.91. The quantitative estimate of drug-likeness (QED) is 0.141. The van der Waals surface area contributed by atoms with Gasteiger partial charge in [-0.3, -0.25) is 0 Å². The first-order valence-electron chi connectivity index (χ1n) is 19.3. The Morgan fingerprint density at radius 3 is 1.35 bits per heavy atom. The second-order valence-corrected chi connectivity index (χ2v) is 14.6. The molecule has 0 bridgehead atoms. The van der Waals surface area contributed by atoms with Crippen LogP contribution in [0.1, 0.15) is 108 Å². The highest BCUT2D eigenvalue weighted by atomic mass is 14.9. The maximum Gasteiger partial charge on any atom is 0.0421 e. The van der Waals surface area contributed by atoms with Crippen molar-refractivity contribution >= 4 is 11.4 Å². The molecule has 49 heavy (non-hydrogen) atoms. The van der Waals surface area contributed by atoms with Gasteiger partial charge in [0.05, 0.1) is 0 Å². The Bertz CT molecular complexity index is 1660. The number of benzene rings is 4. The summed E-state index contributed by atoms with van der Waals surface area (Å²) in [6, 6.07) is 32.9. The van der Waals surface area contributed by atoms with Gasteiger partial charge in [-0.1, -0.05) is 92.7 Å². The number of allylic oxidation sites excluding steroid dienone is 3. The number of anilines is 2. The predicted molar refractivity (Wildman–Crippen MR) is 215 cm³/mol. The average molecular weight is 651 g/mol. The normalized spacial score (nSPS) is 21.0. The molecular weight excluding hydrogens is 593 g/mol. The van der Waals surface area contributed by atoms with E-state index in [-0.39, 0.29) is 0 Å². The molecule has 0 atom stereocenters. The molecule has 2 nitrogen and oxygen atoms in total. The molecule has 2 fully saturated rings. The number of nitrogens with one attached hydrogen (secondary N) is 2. The van der Waals surface area contributed by atoms with Crippen LogP contribution in [0, 0.1) is 11.8 Å². The van der Waals surface area contributed by atoms with E-state index in [1.54, 1.807) is 0 Å². The van der Waals surface area contributed by atoms with Crippen molar-refractivity contribution in [3.05, 3.63) is 121 Å². The second kappa shape index (κ2) is 17.1.